The van der Waals surface area contributed by atoms with Crippen LogP contribution in [0.5, 0.6) is 0 Å². The summed E-state index contributed by atoms with van der Waals surface area (Å²) in [6, 6.07) is 5.67. The second kappa shape index (κ2) is 4.23. The van der Waals surface area contributed by atoms with Crippen molar-refractivity contribution in [3.05, 3.63) is 23.2 Å². The predicted octanol–water partition coefficient (Wildman–Crippen LogP) is 3.45. The average molecular weight is 332 g/mol. The lowest BCUT2D eigenvalue weighted by molar-refractivity contribution is -0.117. The first-order valence-corrected chi connectivity index (χ1v) is 7.25. The van der Waals surface area contributed by atoms with Gasteiger partial charge in [-0.15, -0.1) is 0 Å². The second-order valence-electron chi connectivity index (χ2n) is 3.89. The van der Waals surface area contributed by atoms with Gasteiger partial charge in [-0.3, -0.25) is 9.69 Å². The van der Waals surface area contributed by atoms with Gasteiger partial charge in [-0.05, 0) is 12.1 Å². The molecule has 1 fully saturated rings. The summed E-state index contributed by atoms with van der Waals surface area (Å²) in [6.45, 7) is 0.677. The van der Waals surface area contributed by atoms with Crippen molar-refractivity contribution in [3.8, 4) is 0 Å². The van der Waals surface area contributed by atoms with E-state index >= 15 is 0 Å². The van der Waals surface area contributed by atoms with Gasteiger partial charge in [-0.2, -0.15) is 0 Å². The quantitative estimate of drug-likeness (QED) is 0.750. The Morgan fingerprint density at radius 1 is 1.53 bits per heavy atom. The van der Waals surface area contributed by atoms with E-state index < -0.39 is 0 Å². The van der Waals surface area contributed by atoms with Gasteiger partial charge in [0.1, 0.15) is 5.52 Å². The maximum Gasteiger partial charge on any atom is 0.230 e. The first-order chi connectivity index (χ1) is 8.15. The molecule has 0 N–H and O–H groups in total. The Bertz CT molecular complexity index is 600. The fourth-order valence-corrected chi connectivity index (χ4v) is 3.73. The molecule has 1 saturated heterocycles. The average Bonchev–Trinajstić information content (AvgIpc) is 2.82. The number of carbonyl (C=O) groups is 1. The number of fused-ring (bicyclic) bond motifs is 1. The molecule has 0 aliphatic carbocycles. The summed E-state index contributed by atoms with van der Waals surface area (Å²) >= 11 is 11.0. The van der Waals surface area contributed by atoms with Gasteiger partial charge in [0.15, 0.2) is 5.13 Å². The van der Waals surface area contributed by atoms with Crippen LogP contribution in [-0.4, -0.2) is 22.3 Å². The van der Waals surface area contributed by atoms with E-state index in [4.69, 9.17) is 11.6 Å². The number of nitrogens with zero attached hydrogens (tertiary/aromatic N) is 2. The number of aromatic nitrogens is 1. The van der Waals surface area contributed by atoms with Crippen molar-refractivity contribution in [1.29, 1.82) is 0 Å². The molecule has 0 bridgehead atoms. The zero-order valence-corrected chi connectivity index (χ0v) is 11.8. The third-order valence-corrected chi connectivity index (χ3v) is 4.63. The van der Waals surface area contributed by atoms with Crippen LogP contribution >= 0.6 is 38.9 Å². The summed E-state index contributed by atoms with van der Waals surface area (Å²) in [7, 11) is 0. The summed E-state index contributed by atoms with van der Waals surface area (Å²) < 4.78 is 1.01. The molecular formula is C11H8BrClN2OS. The number of amides is 1. The molecule has 3 nitrogen and oxygen atoms in total. The van der Waals surface area contributed by atoms with E-state index in [1.54, 1.807) is 4.90 Å². The summed E-state index contributed by atoms with van der Waals surface area (Å²) in [5.74, 6) is 0.113. The van der Waals surface area contributed by atoms with Crippen LogP contribution in [0.3, 0.4) is 0 Å². The third kappa shape index (κ3) is 1.96. The van der Waals surface area contributed by atoms with Gasteiger partial charge in [-0.1, -0.05) is 44.9 Å². The van der Waals surface area contributed by atoms with Gasteiger partial charge in [0.05, 0.1) is 9.72 Å². The molecule has 2 aromatic rings. The van der Waals surface area contributed by atoms with Gasteiger partial charge in [0.25, 0.3) is 0 Å². The smallest absolute Gasteiger partial charge is 0.230 e. The van der Waals surface area contributed by atoms with Crippen LogP contribution in [0, 0.1) is 0 Å². The molecular weight excluding hydrogens is 324 g/mol. The number of thiazole rings is 1. The number of hydrogen-bond acceptors (Lipinski definition) is 3. The van der Waals surface area contributed by atoms with Crippen molar-refractivity contribution in [2.45, 2.75) is 11.2 Å². The Morgan fingerprint density at radius 3 is 3.00 bits per heavy atom. The molecule has 1 atom stereocenters. The molecule has 2 heterocycles. The van der Waals surface area contributed by atoms with Crippen LogP contribution in [0.2, 0.25) is 5.02 Å². The largest absolute Gasteiger partial charge is 0.287 e. The van der Waals surface area contributed by atoms with Crippen molar-refractivity contribution < 1.29 is 4.79 Å². The minimum atomic E-state index is 0.113. The third-order valence-electron chi connectivity index (χ3n) is 2.67. The number of alkyl halides is 1. The Labute approximate surface area is 116 Å². The maximum absolute atomic E-state index is 11.8. The normalized spacial score (nSPS) is 20.5. The molecule has 1 aliphatic heterocycles. The topological polar surface area (TPSA) is 33.2 Å². The summed E-state index contributed by atoms with van der Waals surface area (Å²) in [4.78, 5) is 18.2. The molecule has 3 rings (SSSR count). The van der Waals surface area contributed by atoms with E-state index in [9.17, 15) is 4.79 Å². The van der Waals surface area contributed by atoms with Crippen LogP contribution in [0.25, 0.3) is 10.2 Å². The van der Waals surface area contributed by atoms with Crippen LogP contribution in [0.1, 0.15) is 6.42 Å². The molecule has 0 radical (unpaired) electrons. The lowest BCUT2D eigenvalue weighted by atomic mass is 10.3. The predicted molar refractivity (Wildman–Crippen MR) is 74.3 cm³/mol. The SMILES string of the molecule is O=C1CC(Br)CN1c1nc2c(Cl)cccc2s1. The van der Waals surface area contributed by atoms with E-state index in [1.165, 1.54) is 11.3 Å². The number of benzene rings is 1. The standard InChI is InChI=1S/C11H8BrClN2OS/c12-6-4-9(16)15(5-6)11-14-10-7(13)2-1-3-8(10)17-11/h1-3,6H,4-5H2. The number of rotatable bonds is 1. The number of halogens is 2. The minimum absolute atomic E-state index is 0.113. The minimum Gasteiger partial charge on any atom is -0.287 e. The first kappa shape index (κ1) is 11.4. The highest BCUT2D eigenvalue weighted by Gasteiger charge is 2.30. The van der Waals surface area contributed by atoms with Crippen molar-refractivity contribution in [2.24, 2.45) is 0 Å². The van der Waals surface area contributed by atoms with Gasteiger partial charge in [-0.25, -0.2) is 4.98 Å². The first-order valence-electron chi connectivity index (χ1n) is 5.14. The molecule has 17 heavy (non-hydrogen) atoms. The fraction of sp³-hybridized carbons (Fsp3) is 0.273. The van der Waals surface area contributed by atoms with E-state index in [0.29, 0.717) is 18.0 Å². The Balaban J connectivity index is 2.07. The summed E-state index contributed by atoms with van der Waals surface area (Å²) in [5.41, 5.74) is 0.778. The van der Waals surface area contributed by atoms with E-state index in [1.807, 2.05) is 18.2 Å². The van der Waals surface area contributed by atoms with Crippen molar-refractivity contribution >= 4 is 60.1 Å². The monoisotopic (exact) mass is 330 g/mol. The molecule has 1 aromatic carbocycles. The van der Waals surface area contributed by atoms with Gasteiger partial charge in [0, 0.05) is 17.8 Å². The van der Waals surface area contributed by atoms with Crippen molar-refractivity contribution in [3.63, 3.8) is 0 Å². The van der Waals surface area contributed by atoms with Gasteiger partial charge in [0.2, 0.25) is 5.91 Å². The zero-order valence-electron chi connectivity index (χ0n) is 8.69. The number of anilines is 1. The Kier molecular flexibility index (Phi) is 2.84. The Morgan fingerprint density at radius 2 is 2.35 bits per heavy atom. The van der Waals surface area contributed by atoms with E-state index in [0.717, 1.165) is 15.3 Å². The van der Waals surface area contributed by atoms with Gasteiger partial charge >= 0.3 is 0 Å². The van der Waals surface area contributed by atoms with Gasteiger partial charge < -0.3 is 0 Å². The zero-order chi connectivity index (χ0) is 12.0. The van der Waals surface area contributed by atoms with Crippen molar-refractivity contribution in [1.82, 2.24) is 4.98 Å². The molecule has 1 aliphatic rings. The molecule has 6 heteroatoms. The van der Waals surface area contributed by atoms with E-state index in [2.05, 4.69) is 20.9 Å². The molecule has 1 amide bonds. The molecule has 88 valence electrons. The number of para-hydroxylation sites is 1. The number of carbonyl (C=O) groups excluding carboxylic acids is 1. The maximum atomic E-state index is 11.8. The van der Waals surface area contributed by atoms with Crippen LogP contribution in [0.15, 0.2) is 18.2 Å². The summed E-state index contributed by atoms with van der Waals surface area (Å²) in [5, 5.41) is 1.37. The van der Waals surface area contributed by atoms with Crippen LogP contribution in [0.4, 0.5) is 5.13 Å². The lowest BCUT2D eigenvalue weighted by Crippen LogP contribution is -2.24. The second-order valence-corrected chi connectivity index (χ2v) is 6.60. The molecule has 1 unspecified atom stereocenters. The van der Waals surface area contributed by atoms with Crippen molar-refractivity contribution in [2.75, 3.05) is 11.4 Å². The highest BCUT2D eigenvalue weighted by Crippen LogP contribution is 2.35. The molecule has 1 aromatic heterocycles. The van der Waals surface area contributed by atoms with Crippen LogP contribution < -0.4 is 4.90 Å². The highest BCUT2D eigenvalue weighted by atomic mass is 79.9. The Hall–Kier alpha value is -0.650. The lowest BCUT2D eigenvalue weighted by Gasteiger charge is -2.10. The van der Waals surface area contributed by atoms with E-state index in [-0.39, 0.29) is 10.7 Å². The summed E-state index contributed by atoms with van der Waals surface area (Å²) in [6.07, 6.45) is 0.531. The highest BCUT2D eigenvalue weighted by molar-refractivity contribution is 9.09. The fourth-order valence-electron chi connectivity index (χ4n) is 1.87. The number of hydrogen-bond donors (Lipinski definition) is 0. The molecule has 0 spiro atoms. The van der Waals surface area contributed by atoms with Crippen LogP contribution in [-0.2, 0) is 4.79 Å². The molecule has 0 saturated carbocycles.